The highest BCUT2D eigenvalue weighted by atomic mass is 32.2. The van der Waals surface area contributed by atoms with Gasteiger partial charge in [0, 0.05) is 40.4 Å². The van der Waals surface area contributed by atoms with E-state index < -0.39 is 73.9 Å². The number of nitrogens with one attached hydrogen (secondary N) is 3. The molecule has 3 heterocycles. The third-order valence-electron chi connectivity index (χ3n) is 11.4. The maximum absolute atomic E-state index is 14.9. The smallest absolute Gasteiger partial charge is 0.259 e. The lowest BCUT2D eigenvalue weighted by Gasteiger charge is -2.36. The minimum atomic E-state index is -3.91. The van der Waals surface area contributed by atoms with Crippen molar-refractivity contribution in [3.05, 3.63) is 77.6 Å². The molecule has 0 radical (unpaired) electrons. The van der Waals surface area contributed by atoms with Gasteiger partial charge < -0.3 is 25.0 Å². The Bertz CT molecular complexity index is 2410. The lowest BCUT2D eigenvalue weighted by Crippen LogP contribution is -2.58. The van der Waals surface area contributed by atoms with Gasteiger partial charge in [0.2, 0.25) is 21.8 Å². The molecule has 2 saturated carbocycles. The van der Waals surface area contributed by atoms with Gasteiger partial charge in [0.25, 0.3) is 5.91 Å². The van der Waals surface area contributed by atoms with Gasteiger partial charge in [-0.1, -0.05) is 40.7 Å². The third-order valence-corrected chi connectivity index (χ3v) is 14.1. The Morgan fingerprint density at radius 3 is 2.39 bits per heavy atom. The average Bonchev–Trinajstić information content (AvgIpc) is 4.07. The molecule has 16 heteroatoms. The summed E-state index contributed by atoms with van der Waals surface area (Å²) in [5, 5.41) is 8.88. The number of carbonyl (C=O) groups is 3. The van der Waals surface area contributed by atoms with Crippen LogP contribution in [0.3, 0.4) is 0 Å². The van der Waals surface area contributed by atoms with E-state index in [9.17, 15) is 27.2 Å². The molecule has 59 heavy (non-hydrogen) atoms. The number of sulfonamides is 1. The van der Waals surface area contributed by atoms with Crippen LogP contribution in [0.2, 0.25) is 0 Å². The number of methoxy groups -OCH3 is 1. The van der Waals surface area contributed by atoms with Gasteiger partial charge in [-0.25, -0.2) is 22.8 Å². The van der Waals surface area contributed by atoms with E-state index in [1.165, 1.54) is 46.6 Å². The van der Waals surface area contributed by atoms with Crippen molar-refractivity contribution < 1.29 is 36.7 Å². The molecule has 4 aromatic rings. The number of likely N-dealkylation sites (tertiary alicyclic amines) is 1. The van der Waals surface area contributed by atoms with Crippen LogP contribution in [0, 0.1) is 24.1 Å². The van der Waals surface area contributed by atoms with E-state index in [1.807, 2.05) is 51.3 Å². The topological polar surface area (TPSA) is 169 Å². The number of benzene rings is 2. The Morgan fingerprint density at radius 2 is 1.80 bits per heavy atom. The van der Waals surface area contributed by atoms with Crippen molar-refractivity contribution in [3.63, 3.8) is 0 Å². The predicted molar refractivity (Wildman–Crippen MR) is 225 cm³/mol. The van der Waals surface area contributed by atoms with Crippen LogP contribution >= 0.6 is 11.3 Å². The first-order chi connectivity index (χ1) is 27.8. The van der Waals surface area contributed by atoms with Crippen molar-refractivity contribution >= 4 is 55.7 Å². The minimum absolute atomic E-state index is 0.00221. The van der Waals surface area contributed by atoms with Crippen LogP contribution in [0.1, 0.15) is 77.5 Å². The fraction of sp³-hybridized carbons (Fsp3) is 0.465. The number of fused-ring (bicyclic) bond motifs is 1. The van der Waals surface area contributed by atoms with Gasteiger partial charge in [-0.15, -0.1) is 17.9 Å². The summed E-state index contributed by atoms with van der Waals surface area (Å²) in [6, 6.07) is 9.18. The molecule has 2 aliphatic carbocycles. The second-order valence-electron chi connectivity index (χ2n) is 17.1. The number of pyridine rings is 1. The molecule has 2 aromatic heterocycles. The number of nitrogens with zero attached hydrogens (tertiary/aromatic N) is 3. The Balaban J connectivity index is 1.25. The number of carbonyl (C=O) groups excluding carboxylic acids is 3. The SMILES string of the molecule is C=CC1CC1(NC(=O)C1CC(Oc2cc(-c3nc(C(C)C)cs3)nc3c(C)c(OC)ccc23)CN1C(=O)C(Nc1ccc(F)cc1)C(C)(C)C)C(=O)NS(=O)(=O)C1CC1. The molecule has 314 valence electrons. The number of aromatic nitrogens is 2. The molecule has 3 N–H and O–H groups in total. The number of amides is 3. The van der Waals surface area contributed by atoms with Gasteiger partial charge in [0.05, 0.1) is 30.1 Å². The van der Waals surface area contributed by atoms with Gasteiger partial charge in [0.1, 0.15) is 51.7 Å². The zero-order valence-corrected chi connectivity index (χ0v) is 35.9. The average molecular weight is 847 g/mol. The second kappa shape index (κ2) is 15.8. The lowest BCUT2D eigenvalue weighted by molar-refractivity contribution is -0.141. The highest BCUT2D eigenvalue weighted by Gasteiger charge is 2.62. The van der Waals surface area contributed by atoms with Crippen LogP contribution in [0.25, 0.3) is 21.6 Å². The van der Waals surface area contributed by atoms with Crippen LogP contribution in [-0.4, -0.2) is 83.6 Å². The number of anilines is 1. The summed E-state index contributed by atoms with van der Waals surface area (Å²) in [5.41, 5.74) is 1.23. The molecule has 3 fully saturated rings. The summed E-state index contributed by atoms with van der Waals surface area (Å²) in [5.74, 6) is -1.50. The monoisotopic (exact) mass is 846 g/mol. The summed E-state index contributed by atoms with van der Waals surface area (Å²) in [6.07, 6.45) is 1.92. The van der Waals surface area contributed by atoms with Crippen molar-refractivity contribution in [1.29, 1.82) is 0 Å². The molecule has 1 saturated heterocycles. The van der Waals surface area contributed by atoms with Gasteiger partial charge in [-0.2, -0.15) is 0 Å². The molecule has 0 spiro atoms. The Hall–Kier alpha value is -5.09. The summed E-state index contributed by atoms with van der Waals surface area (Å²) in [7, 11) is -2.32. The maximum Gasteiger partial charge on any atom is 0.259 e. The molecule has 3 aliphatic rings. The summed E-state index contributed by atoms with van der Waals surface area (Å²) in [6.45, 7) is 15.5. The van der Waals surface area contributed by atoms with Gasteiger partial charge in [0.15, 0.2) is 0 Å². The van der Waals surface area contributed by atoms with E-state index in [1.54, 1.807) is 7.11 Å². The molecule has 13 nitrogen and oxygen atoms in total. The first kappa shape index (κ1) is 42.0. The van der Waals surface area contributed by atoms with Crippen molar-refractivity contribution in [2.24, 2.45) is 11.3 Å². The number of hydrogen-bond acceptors (Lipinski definition) is 11. The first-order valence-electron chi connectivity index (χ1n) is 19.8. The molecule has 7 rings (SSSR count). The van der Waals surface area contributed by atoms with Gasteiger partial charge in [-0.3, -0.25) is 19.1 Å². The summed E-state index contributed by atoms with van der Waals surface area (Å²) < 4.78 is 54.2. The van der Waals surface area contributed by atoms with E-state index in [2.05, 4.69) is 35.8 Å². The second-order valence-corrected chi connectivity index (χ2v) is 20.0. The maximum atomic E-state index is 14.9. The van der Waals surface area contributed by atoms with E-state index in [4.69, 9.17) is 19.4 Å². The van der Waals surface area contributed by atoms with E-state index >= 15 is 0 Å². The highest BCUT2D eigenvalue weighted by Crippen LogP contribution is 2.46. The van der Waals surface area contributed by atoms with Crippen LogP contribution < -0.4 is 24.8 Å². The summed E-state index contributed by atoms with van der Waals surface area (Å²) in [4.78, 5) is 54.4. The quantitative estimate of drug-likeness (QED) is 0.120. The van der Waals surface area contributed by atoms with Crippen molar-refractivity contribution in [1.82, 2.24) is 24.9 Å². The number of ether oxygens (including phenoxy) is 2. The largest absolute Gasteiger partial charge is 0.496 e. The minimum Gasteiger partial charge on any atom is -0.496 e. The molecule has 1 aliphatic heterocycles. The fourth-order valence-corrected chi connectivity index (χ4v) is 9.88. The van der Waals surface area contributed by atoms with Crippen LogP contribution in [0.5, 0.6) is 11.5 Å². The van der Waals surface area contributed by atoms with Crippen LogP contribution in [0.4, 0.5) is 10.1 Å². The Labute approximate surface area is 348 Å². The lowest BCUT2D eigenvalue weighted by atomic mass is 9.85. The number of thiazole rings is 1. The van der Waals surface area contributed by atoms with E-state index in [-0.39, 0.29) is 25.3 Å². The molecule has 5 atom stereocenters. The number of hydrogen-bond donors (Lipinski definition) is 3. The fourth-order valence-electron chi connectivity index (χ4n) is 7.58. The highest BCUT2D eigenvalue weighted by molar-refractivity contribution is 7.91. The van der Waals surface area contributed by atoms with E-state index in [0.717, 1.165) is 11.3 Å². The standard InChI is InChI=1S/C43H51FN6O7S2/c1-9-25-20-43(25,41(53)49-59(54,55)29-14-15-29)48-38(51)33-18-28(21-50(33)40(52)37(42(5,6)7)45-27-12-10-26(44)11-13-27)57-35-19-31(39-47-32(22-58-39)23(2)3)46-36-24(4)34(56-8)17-16-30(35)36/h9-13,16-17,19,22-23,25,28-29,33,37,45H,1,14-15,18,20-21H2,2-8H3,(H,48,51)(H,49,53). The molecule has 3 amide bonds. The van der Waals surface area contributed by atoms with E-state index in [0.29, 0.717) is 51.6 Å². The van der Waals surface area contributed by atoms with Crippen LogP contribution in [0.15, 0.2) is 60.5 Å². The zero-order valence-electron chi connectivity index (χ0n) is 34.3. The summed E-state index contributed by atoms with van der Waals surface area (Å²) >= 11 is 1.47. The Kier molecular flexibility index (Phi) is 11.3. The number of aryl methyl sites for hydroxylation is 1. The van der Waals surface area contributed by atoms with Gasteiger partial charge in [-0.05, 0) is 73.9 Å². The van der Waals surface area contributed by atoms with Crippen LogP contribution in [-0.2, 0) is 24.4 Å². The van der Waals surface area contributed by atoms with Crippen molar-refractivity contribution in [3.8, 4) is 22.2 Å². The van der Waals surface area contributed by atoms with Crippen molar-refractivity contribution in [2.45, 2.75) is 102 Å². The first-order valence-corrected chi connectivity index (χ1v) is 22.2. The molecular weight excluding hydrogens is 796 g/mol. The molecular formula is C43H51FN6O7S2. The van der Waals surface area contributed by atoms with Gasteiger partial charge >= 0.3 is 0 Å². The normalized spacial score (nSPS) is 22.2. The number of rotatable bonds is 14. The number of halogens is 1. The van der Waals surface area contributed by atoms with Crippen molar-refractivity contribution in [2.75, 3.05) is 19.0 Å². The zero-order chi connectivity index (χ0) is 42.6. The molecule has 2 aromatic carbocycles. The predicted octanol–water partition coefficient (Wildman–Crippen LogP) is 6.48. The third kappa shape index (κ3) is 8.51. The Morgan fingerprint density at radius 1 is 1.08 bits per heavy atom. The molecule has 0 bridgehead atoms. The molecule has 5 unspecified atom stereocenters.